The van der Waals surface area contributed by atoms with E-state index in [-0.39, 0.29) is 0 Å². The van der Waals surface area contributed by atoms with Crippen LogP contribution in [0.25, 0.3) is 0 Å². The van der Waals surface area contributed by atoms with Crippen LogP contribution < -0.4 is 0 Å². The van der Waals surface area contributed by atoms with Crippen molar-refractivity contribution in [1.82, 2.24) is 0 Å². The van der Waals surface area contributed by atoms with Gasteiger partial charge in [-0.3, -0.25) is 4.79 Å². The molecule has 0 heterocycles. The Hall–Kier alpha value is -0.530. The van der Waals surface area contributed by atoms with Crippen molar-refractivity contribution in [2.75, 3.05) is 0 Å². The molecule has 4 aliphatic rings. The number of hydrogen-bond acceptors (Lipinski definition) is 1. The van der Waals surface area contributed by atoms with Crippen LogP contribution in [0, 0.1) is 40.4 Å². The first-order valence-electron chi connectivity index (χ1n) is 12.2. The van der Waals surface area contributed by atoms with E-state index in [1.54, 1.807) is 0 Å². The van der Waals surface area contributed by atoms with Crippen molar-refractivity contribution in [2.45, 2.75) is 111 Å². The first kappa shape index (κ1) is 21.2. The minimum absolute atomic E-state index is 0.364. The van der Waals surface area contributed by atoms with Crippen molar-refractivity contribution in [1.29, 1.82) is 0 Å². The van der Waals surface area contributed by atoms with Gasteiger partial charge in [0.05, 0.1) is 0 Å². The van der Waals surface area contributed by atoms with Crippen LogP contribution in [0.1, 0.15) is 111 Å². The lowest BCUT2D eigenvalue weighted by atomic mass is 9.45. The van der Waals surface area contributed by atoms with Crippen LogP contribution in [0.4, 0.5) is 0 Å². The minimum Gasteiger partial charge on any atom is -0.481 e. The molecule has 7 atom stereocenters. The molecule has 4 rings (SSSR count). The van der Waals surface area contributed by atoms with Gasteiger partial charge >= 0.3 is 5.97 Å². The molecule has 0 aromatic carbocycles. The highest BCUT2D eigenvalue weighted by Crippen LogP contribution is 2.67. The van der Waals surface area contributed by atoms with E-state index in [9.17, 15) is 4.79 Å². The summed E-state index contributed by atoms with van der Waals surface area (Å²) in [5.74, 6) is 4.08. The summed E-state index contributed by atoms with van der Waals surface area (Å²) >= 11 is 0. The Morgan fingerprint density at radius 2 is 1.63 bits per heavy atom. The fourth-order valence-corrected chi connectivity index (χ4v) is 8.38. The van der Waals surface area contributed by atoms with Gasteiger partial charge in [0, 0.05) is 6.42 Å². The van der Waals surface area contributed by atoms with E-state index < -0.39 is 5.97 Å². The summed E-state index contributed by atoms with van der Waals surface area (Å²) in [5.41, 5.74) is 1.15. The van der Waals surface area contributed by atoms with Gasteiger partial charge in [0.15, 0.2) is 0 Å². The molecule has 2 heteroatoms. The average Bonchev–Trinajstić information content (AvgIpc) is 2.99. The predicted octanol–water partition coefficient (Wildman–Crippen LogP) is 7.32. The largest absolute Gasteiger partial charge is 0.481 e. The van der Waals surface area contributed by atoms with Crippen molar-refractivity contribution in [3.8, 4) is 0 Å². The van der Waals surface area contributed by atoms with E-state index in [4.69, 9.17) is 5.11 Å². The molecule has 27 heavy (non-hydrogen) atoms. The van der Waals surface area contributed by atoms with Crippen LogP contribution in [0.15, 0.2) is 0 Å². The smallest absolute Gasteiger partial charge is 0.303 e. The van der Waals surface area contributed by atoms with Gasteiger partial charge in [-0.15, -0.1) is 0 Å². The van der Waals surface area contributed by atoms with Crippen LogP contribution in [0.3, 0.4) is 0 Å². The van der Waals surface area contributed by atoms with E-state index in [0.717, 1.165) is 42.4 Å². The van der Waals surface area contributed by atoms with Crippen molar-refractivity contribution in [3.05, 3.63) is 0 Å². The molecule has 0 radical (unpaired) electrons. The lowest BCUT2D eigenvalue weighted by Crippen LogP contribution is -2.52. The van der Waals surface area contributed by atoms with Crippen molar-refractivity contribution >= 4 is 5.97 Å². The van der Waals surface area contributed by atoms with E-state index in [0.29, 0.717) is 17.3 Å². The molecule has 0 aliphatic heterocycles. The molecule has 2 nitrogen and oxygen atoms in total. The third-order valence-electron chi connectivity index (χ3n) is 9.72. The molecule has 0 aromatic heterocycles. The highest BCUT2D eigenvalue weighted by atomic mass is 16.4. The zero-order chi connectivity index (χ0) is 19.7. The van der Waals surface area contributed by atoms with E-state index in [1.165, 1.54) is 64.2 Å². The quantitative estimate of drug-likeness (QED) is 0.558. The lowest BCUT2D eigenvalue weighted by Gasteiger charge is -2.60. The fraction of sp³-hybridized carbons (Fsp3) is 0.960. The van der Waals surface area contributed by atoms with Gasteiger partial charge < -0.3 is 5.11 Å². The predicted molar refractivity (Wildman–Crippen MR) is 113 cm³/mol. The van der Waals surface area contributed by atoms with Gasteiger partial charge in [-0.2, -0.15) is 0 Å². The van der Waals surface area contributed by atoms with E-state index in [2.05, 4.69) is 13.8 Å². The normalized spacial score (nSPS) is 45.7. The molecule has 0 amide bonds. The zero-order valence-electron chi connectivity index (χ0n) is 18.4. The number of rotatable bonds is 4. The second-order valence-electron chi connectivity index (χ2n) is 10.5. The minimum atomic E-state index is -0.619. The molecule has 4 fully saturated rings. The molecule has 0 spiro atoms. The monoisotopic (exact) mass is 376 g/mol. The molecule has 156 valence electrons. The number of aliphatic carboxylic acids is 1. The fourth-order valence-electron chi connectivity index (χ4n) is 8.38. The highest BCUT2D eigenvalue weighted by Gasteiger charge is 2.59. The summed E-state index contributed by atoms with van der Waals surface area (Å²) < 4.78 is 0. The molecular weight excluding hydrogens is 332 g/mol. The van der Waals surface area contributed by atoms with Crippen LogP contribution >= 0.6 is 0 Å². The topological polar surface area (TPSA) is 37.3 Å². The van der Waals surface area contributed by atoms with Crippen LogP contribution in [-0.4, -0.2) is 11.1 Å². The van der Waals surface area contributed by atoms with Crippen LogP contribution in [-0.2, 0) is 4.79 Å². The van der Waals surface area contributed by atoms with Crippen LogP contribution in [0.2, 0.25) is 0 Å². The maximum Gasteiger partial charge on any atom is 0.303 e. The van der Waals surface area contributed by atoms with Crippen molar-refractivity contribution in [2.24, 2.45) is 40.4 Å². The summed E-state index contributed by atoms with van der Waals surface area (Å²) in [5, 5.41) is 8.98. The first-order valence-corrected chi connectivity index (χ1v) is 12.2. The molecule has 1 N–H and O–H groups in total. The van der Waals surface area contributed by atoms with E-state index >= 15 is 0 Å². The Morgan fingerprint density at radius 1 is 0.889 bits per heavy atom. The number of fused-ring (bicyclic) bond motifs is 5. The van der Waals surface area contributed by atoms with Gasteiger partial charge in [0.1, 0.15) is 0 Å². The summed E-state index contributed by atoms with van der Waals surface area (Å²) in [7, 11) is 0. The molecule has 4 saturated carbocycles. The summed E-state index contributed by atoms with van der Waals surface area (Å²) in [6.07, 6.45) is 17.0. The Morgan fingerprint density at radius 3 is 2.37 bits per heavy atom. The number of carboxylic acids is 1. The molecule has 7 unspecified atom stereocenters. The average molecular weight is 377 g/mol. The molecule has 4 aliphatic carbocycles. The summed E-state index contributed by atoms with van der Waals surface area (Å²) in [6, 6.07) is 0. The van der Waals surface area contributed by atoms with Crippen molar-refractivity contribution < 1.29 is 9.90 Å². The molecule has 0 saturated heterocycles. The van der Waals surface area contributed by atoms with Gasteiger partial charge in [-0.05, 0) is 105 Å². The Labute approximate surface area is 167 Å². The van der Waals surface area contributed by atoms with Gasteiger partial charge in [-0.25, -0.2) is 0 Å². The molecule has 0 aromatic rings. The maximum atomic E-state index is 10.9. The standard InChI is InChI=1S/C23H38O2.C2H6/c1-22-14-4-3-6-16(22)9-11-18-19-12-10-17(7-5-8-21(24)25)23(19,2)15-13-20(18)22;1-2/h16-20H,3-15H2,1-2H3,(H,24,25);1-2H3. The van der Waals surface area contributed by atoms with Crippen LogP contribution in [0.5, 0.6) is 0 Å². The van der Waals surface area contributed by atoms with Gasteiger partial charge in [0.2, 0.25) is 0 Å². The highest BCUT2D eigenvalue weighted by molar-refractivity contribution is 5.66. The number of carbonyl (C=O) groups is 1. The second kappa shape index (κ2) is 8.46. The maximum absolute atomic E-state index is 10.9. The van der Waals surface area contributed by atoms with Gasteiger partial charge in [-0.1, -0.05) is 40.5 Å². The Bertz CT molecular complexity index is 514. The summed E-state index contributed by atoms with van der Waals surface area (Å²) in [6.45, 7) is 9.25. The molecule has 0 bridgehead atoms. The number of hydrogen-bond donors (Lipinski definition) is 1. The zero-order valence-corrected chi connectivity index (χ0v) is 18.4. The Kier molecular flexibility index (Phi) is 6.63. The number of carboxylic acid groups (broad SMARTS) is 1. The van der Waals surface area contributed by atoms with Crippen molar-refractivity contribution in [3.63, 3.8) is 0 Å². The Balaban J connectivity index is 0.00000102. The second-order valence-corrected chi connectivity index (χ2v) is 10.5. The molecular formula is C25H44O2. The van der Waals surface area contributed by atoms with E-state index in [1.807, 2.05) is 13.8 Å². The first-order chi connectivity index (χ1) is 12.9. The third kappa shape index (κ3) is 3.71. The SMILES string of the molecule is CC.CC12CCCCC1CCC1C2CCC2(C)C(CCCC(=O)O)CCC12. The lowest BCUT2D eigenvalue weighted by molar-refractivity contribution is -0.137. The summed E-state index contributed by atoms with van der Waals surface area (Å²) in [4.78, 5) is 10.9. The van der Waals surface area contributed by atoms with Gasteiger partial charge in [0.25, 0.3) is 0 Å². The third-order valence-corrected chi connectivity index (χ3v) is 9.72.